The number of ether oxygens (including phenoxy) is 2. The summed E-state index contributed by atoms with van der Waals surface area (Å²) in [5, 5.41) is 0.550. The highest BCUT2D eigenvalue weighted by Crippen LogP contribution is 2.33. The van der Waals surface area contributed by atoms with Crippen LogP contribution in [0.2, 0.25) is 5.02 Å². The van der Waals surface area contributed by atoms with E-state index in [1.165, 1.54) is 7.11 Å². The first-order valence-electron chi connectivity index (χ1n) is 7.65. The van der Waals surface area contributed by atoms with Gasteiger partial charge in [-0.3, -0.25) is 0 Å². The van der Waals surface area contributed by atoms with Crippen molar-refractivity contribution < 1.29 is 14.3 Å². The highest BCUT2D eigenvalue weighted by Gasteiger charge is 2.18. The Labute approximate surface area is 142 Å². The van der Waals surface area contributed by atoms with Crippen LogP contribution in [0.5, 0.6) is 5.75 Å². The maximum atomic E-state index is 12.2. The standard InChI is InChI=1S/C19H21ClO3/c1-4-5-6-14-11-15(20)12-17(19(21)23-3)18(14)13-7-9-16(22-2)10-8-13/h7-12H,4-6H2,1-3H3. The number of halogens is 1. The zero-order chi connectivity index (χ0) is 16.8. The molecule has 0 aliphatic rings. The predicted molar refractivity (Wildman–Crippen MR) is 93.4 cm³/mol. The molecule has 2 aromatic carbocycles. The number of hydrogen-bond acceptors (Lipinski definition) is 3. The van der Waals surface area contributed by atoms with Gasteiger partial charge < -0.3 is 9.47 Å². The Bertz CT molecular complexity index is 678. The summed E-state index contributed by atoms with van der Waals surface area (Å²) < 4.78 is 10.1. The topological polar surface area (TPSA) is 35.5 Å². The average Bonchev–Trinajstić information content (AvgIpc) is 2.58. The highest BCUT2D eigenvalue weighted by atomic mass is 35.5. The molecule has 4 heteroatoms. The number of rotatable bonds is 6. The van der Waals surface area contributed by atoms with Gasteiger partial charge in [-0.25, -0.2) is 4.79 Å². The molecule has 0 aliphatic carbocycles. The molecule has 0 amide bonds. The lowest BCUT2D eigenvalue weighted by atomic mass is 9.91. The molecular weight excluding hydrogens is 312 g/mol. The second-order valence-electron chi connectivity index (χ2n) is 5.31. The lowest BCUT2D eigenvalue weighted by molar-refractivity contribution is 0.0601. The Morgan fingerprint density at radius 1 is 1.13 bits per heavy atom. The van der Waals surface area contributed by atoms with Gasteiger partial charge >= 0.3 is 5.97 Å². The van der Waals surface area contributed by atoms with E-state index in [4.69, 9.17) is 21.1 Å². The molecule has 0 aliphatic heterocycles. The number of carbonyl (C=O) groups is 1. The Hall–Kier alpha value is -2.00. The van der Waals surface area contributed by atoms with Gasteiger partial charge in [0.2, 0.25) is 0 Å². The summed E-state index contributed by atoms with van der Waals surface area (Å²) in [7, 11) is 3.01. The predicted octanol–water partition coefficient (Wildman–Crippen LogP) is 5.14. The lowest BCUT2D eigenvalue weighted by Gasteiger charge is -2.15. The molecule has 0 N–H and O–H groups in total. The first kappa shape index (κ1) is 17.4. The summed E-state index contributed by atoms with van der Waals surface area (Å²) in [6.07, 6.45) is 2.97. The Balaban J connectivity index is 2.61. The molecule has 0 aromatic heterocycles. The molecular formula is C19H21ClO3. The zero-order valence-corrected chi connectivity index (χ0v) is 14.4. The fourth-order valence-corrected chi connectivity index (χ4v) is 2.84. The van der Waals surface area contributed by atoms with Crippen molar-refractivity contribution in [3.63, 3.8) is 0 Å². The molecule has 23 heavy (non-hydrogen) atoms. The molecule has 2 rings (SSSR count). The molecule has 0 heterocycles. The van der Waals surface area contributed by atoms with Crippen LogP contribution in [-0.2, 0) is 11.2 Å². The van der Waals surface area contributed by atoms with Gasteiger partial charge in [-0.1, -0.05) is 37.1 Å². The van der Waals surface area contributed by atoms with E-state index in [9.17, 15) is 4.79 Å². The van der Waals surface area contributed by atoms with E-state index in [0.717, 1.165) is 41.7 Å². The van der Waals surface area contributed by atoms with E-state index in [1.54, 1.807) is 13.2 Å². The first-order valence-corrected chi connectivity index (χ1v) is 8.03. The Morgan fingerprint density at radius 2 is 1.83 bits per heavy atom. The summed E-state index contributed by atoms with van der Waals surface area (Å²) in [5.74, 6) is 0.397. The first-order chi connectivity index (χ1) is 11.1. The van der Waals surface area contributed by atoms with Crippen molar-refractivity contribution in [2.75, 3.05) is 14.2 Å². The van der Waals surface area contributed by atoms with Gasteiger partial charge in [0.25, 0.3) is 0 Å². The highest BCUT2D eigenvalue weighted by molar-refractivity contribution is 6.31. The van der Waals surface area contributed by atoms with Crippen molar-refractivity contribution in [1.82, 2.24) is 0 Å². The molecule has 0 radical (unpaired) electrons. The van der Waals surface area contributed by atoms with Gasteiger partial charge in [-0.2, -0.15) is 0 Å². The SMILES string of the molecule is CCCCc1cc(Cl)cc(C(=O)OC)c1-c1ccc(OC)cc1. The summed E-state index contributed by atoms with van der Waals surface area (Å²) >= 11 is 6.21. The minimum absolute atomic E-state index is 0.379. The fraction of sp³-hybridized carbons (Fsp3) is 0.316. The molecule has 0 unspecified atom stereocenters. The maximum Gasteiger partial charge on any atom is 0.338 e. The maximum absolute atomic E-state index is 12.2. The normalized spacial score (nSPS) is 10.4. The summed E-state index contributed by atoms with van der Waals surface area (Å²) in [4.78, 5) is 12.2. The minimum Gasteiger partial charge on any atom is -0.497 e. The van der Waals surface area contributed by atoms with Crippen LogP contribution < -0.4 is 4.74 Å². The monoisotopic (exact) mass is 332 g/mol. The third-order valence-corrected chi connectivity index (χ3v) is 3.99. The van der Waals surface area contributed by atoms with Crippen LogP contribution in [0.15, 0.2) is 36.4 Å². The van der Waals surface area contributed by atoms with E-state index in [-0.39, 0.29) is 5.97 Å². The Morgan fingerprint density at radius 3 is 2.39 bits per heavy atom. The van der Waals surface area contributed by atoms with Crippen molar-refractivity contribution in [3.05, 3.63) is 52.5 Å². The molecule has 0 spiro atoms. The van der Waals surface area contributed by atoms with E-state index in [2.05, 4.69) is 6.92 Å². The van der Waals surface area contributed by atoms with Gasteiger partial charge in [0, 0.05) is 5.02 Å². The average molecular weight is 333 g/mol. The van der Waals surface area contributed by atoms with Crippen LogP contribution in [0.4, 0.5) is 0 Å². The molecule has 122 valence electrons. The van der Waals surface area contributed by atoms with E-state index < -0.39 is 0 Å². The number of aryl methyl sites for hydroxylation is 1. The van der Waals surface area contributed by atoms with Crippen LogP contribution >= 0.6 is 11.6 Å². The van der Waals surface area contributed by atoms with E-state index in [1.807, 2.05) is 30.3 Å². The van der Waals surface area contributed by atoms with E-state index in [0.29, 0.717) is 10.6 Å². The second kappa shape index (κ2) is 8.02. The molecule has 0 bridgehead atoms. The Kier molecular flexibility index (Phi) is 6.05. The van der Waals surface area contributed by atoms with Crippen molar-refractivity contribution in [2.45, 2.75) is 26.2 Å². The van der Waals surface area contributed by atoms with Crippen molar-refractivity contribution in [1.29, 1.82) is 0 Å². The molecule has 0 fully saturated rings. The number of hydrogen-bond donors (Lipinski definition) is 0. The molecule has 3 nitrogen and oxygen atoms in total. The van der Waals surface area contributed by atoms with Gasteiger partial charge in [-0.05, 0) is 53.8 Å². The van der Waals surface area contributed by atoms with E-state index >= 15 is 0 Å². The van der Waals surface area contributed by atoms with Crippen LogP contribution in [0.1, 0.15) is 35.7 Å². The van der Waals surface area contributed by atoms with Gasteiger partial charge in [0.05, 0.1) is 19.8 Å². The minimum atomic E-state index is -0.379. The largest absolute Gasteiger partial charge is 0.497 e. The fourth-order valence-electron chi connectivity index (χ4n) is 2.60. The summed E-state index contributed by atoms with van der Waals surface area (Å²) in [6, 6.07) is 11.3. The van der Waals surface area contributed by atoms with Crippen LogP contribution in [0, 0.1) is 0 Å². The zero-order valence-electron chi connectivity index (χ0n) is 13.7. The number of methoxy groups -OCH3 is 2. The van der Waals surface area contributed by atoms with Gasteiger partial charge in [0.1, 0.15) is 5.75 Å². The third kappa shape index (κ3) is 4.05. The summed E-state index contributed by atoms with van der Waals surface area (Å²) in [5.41, 5.74) is 3.40. The number of unbranched alkanes of at least 4 members (excludes halogenated alkanes) is 1. The molecule has 0 saturated carbocycles. The molecule has 0 saturated heterocycles. The molecule has 2 aromatic rings. The molecule has 0 atom stereocenters. The summed E-state index contributed by atoms with van der Waals surface area (Å²) in [6.45, 7) is 2.14. The van der Waals surface area contributed by atoms with Crippen molar-refractivity contribution >= 4 is 17.6 Å². The van der Waals surface area contributed by atoms with Gasteiger partial charge in [-0.15, -0.1) is 0 Å². The van der Waals surface area contributed by atoms with Crippen molar-refractivity contribution in [3.8, 4) is 16.9 Å². The number of benzene rings is 2. The van der Waals surface area contributed by atoms with Crippen LogP contribution in [0.3, 0.4) is 0 Å². The van der Waals surface area contributed by atoms with Crippen molar-refractivity contribution in [2.24, 2.45) is 0 Å². The number of esters is 1. The smallest absolute Gasteiger partial charge is 0.338 e. The van der Waals surface area contributed by atoms with Crippen LogP contribution in [0.25, 0.3) is 11.1 Å². The third-order valence-electron chi connectivity index (χ3n) is 3.77. The van der Waals surface area contributed by atoms with Gasteiger partial charge in [0.15, 0.2) is 0 Å². The quantitative estimate of drug-likeness (QED) is 0.687. The second-order valence-corrected chi connectivity index (χ2v) is 5.75. The lowest BCUT2D eigenvalue weighted by Crippen LogP contribution is -2.06. The number of carbonyl (C=O) groups excluding carboxylic acids is 1. The van der Waals surface area contributed by atoms with Crippen LogP contribution in [-0.4, -0.2) is 20.2 Å².